The van der Waals surface area contributed by atoms with Crippen LogP contribution < -0.4 is 126 Å². The maximum absolute atomic E-state index is 12.4. The van der Waals surface area contributed by atoms with Crippen molar-refractivity contribution in [2.75, 3.05) is 39.6 Å². The number of nitro groups is 1. The van der Waals surface area contributed by atoms with E-state index in [2.05, 4.69) is 25.1 Å². The van der Waals surface area contributed by atoms with E-state index >= 15 is 0 Å². The number of carbonyl (C=O) groups excluding carboxylic acids is 3. The summed E-state index contributed by atoms with van der Waals surface area (Å²) in [5, 5.41) is 28.1. The molecule has 0 spiro atoms. The number of non-ortho nitro benzene ring substituents is 1. The zero-order chi connectivity index (χ0) is 46.3. The van der Waals surface area contributed by atoms with Gasteiger partial charge in [0.05, 0.1) is 30.8 Å². The van der Waals surface area contributed by atoms with E-state index in [4.69, 9.17) is 46.6 Å². The zero-order valence-electron chi connectivity index (χ0n) is 37.5. The van der Waals surface area contributed by atoms with Gasteiger partial charge in [0.1, 0.15) is 55.0 Å². The van der Waals surface area contributed by atoms with Crippen LogP contribution in [0.2, 0.25) is 0 Å². The average Bonchev–Trinajstić information content (AvgIpc) is 4.27. The van der Waals surface area contributed by atoms with Gasteiger partial charge in [-0.3, -0.25) is 24.5 Å². The number of benzene rings is 5. The van der Waals surface area contributed by atoms with Gasteiger partial charge in [-0.2, -0.15) is 35.4 Å². The first-order chi connectivity index (χ1) is 30.8. The van der Waals surface area contributed by atoms with Gasteiger partial charge in [0.15, 0.2) is 17.3 Å². The Bertz CT molecular complexity index is 2520. The fourth-order valence-corrected chi connectivity index (χ4v) is 5.48. The Hall–Kier alpha value is -3.81. The predicted molar refractivity (Wildman–Crippen MR) is 252 cm³/mol. The van der Waals surface area contributed by atoms with Crippen LogP contribution in [0.3, 0.4) is 0 Å². The molecule has 0 aliphatic carbocycles. The molecule has 23 heteroatoms. The second-order valence-electron chi connectivity index (χ2n) is 12.7. The molecule has 0 radical (unpaired) electrons. The molecule has 358 valence electrons. The molecule has 18 nitrogen and oxygen atoms in total. The van der Waals surface area contributed by atoms with Crippen molar-refractivity contribution < 1.29 is 179 Å². The Balaban J connectivity index is -0.000000894. The van der Waals surface area contributed by atoms with Gasteiger partial charge in [0.25, 0.3) is 12.2 Å². The van der Waals surface area contributed by atoms with Crippen molar-refractivity contribution in [3.05, 3.63) is 154 Å². The molecular formula is C46H47K2NO17S3. The topological polar surface area (TPSA) is 252 Å². The van der Waals surface area contributed by atoms with E-state index in [-0.39, 0.29) is 206 Å². The third-order valence-corrected chi connectivity index (χ3v) is 8.85. The zero-order valence-corrected chi connectivity index (χ0v) is 45.6. The average molecular weight is 1060 g/mol. The molecule has 7 rings (SSSR count). The molecule has 1 N–H and O–H groups in total. The summed E-state index contributed by atoms with van der Waals surface area (Å²) in [7, 11) is -4.23. The molecule has 0 aromatic heterocycles. The first kappa shape index (κ1) is 67.3. The van der Waals surface area contributed by atoms with Crippen LogP contribution in [-0.4, -0.2) is 88.3 Å². The number of carbonyl (C=O) groups is 3. The molecule has 2 saturated heterocycles. The summed E-state index contributed by atoms with van der Waals surface area (Å²) < 4.78 is 57.7. The minimum atomic E-state index is -4.23. The van der Waals surface area contributed by atoms with Crippen LogP contribution in [0.5, 0.6) is 28.7 Å². The third-order valence-electron chi connectivity index (χ3n) is 8.03. The smallest absolute Gasteiger partial charge is 1.00 e. The van der Waals surface area contributed by atoms with Crippen LogP contribution in [0.25, 0.3) is 0 Å². The van der Waals surface area contributed by atoms with Crippen molar-refractivity contribution >= 4 is 61.1 Å². The van der Waals surface area contributed by atoms with E-state index in [0.717, 1.165) is 18.4 Å². The molecule has 2 unspecified atom stereocenters. The maximum Gasteiger partial charge on any atom is 1.00 e. The summed E-state index contributed by atoms with van der Waals surface area (Å²) in [5.74, 6) is 6.57. The maximum atomic E-state index is 12.4. The number of hydrogen-bond donors (Lipinski definition) is 1. The van der Waals surface area contributed by atoms with Crippen LogP contribution in [0, 0.1) is 34.8 Å². The van der Waals surface area contributed by atoms with Crippen LogP contribution in [0.1, 0.15) is 40.7 Å². The Morgan fingerprint density at radius 3 is 1.45 bits per heavy atom. The number of nitro benzene ring substituents is 1. The van der Waals surface area contributed by atoms with Gasteiger partial charge in [-0.15, -0.1) is 12.8 Å². The Morgan fingerprint density at radius 2 is 1.09 bits per heavy atom. The van der Waals surface area contributed by atoms with Gasteiger partial charge in [-0.1, -0.05) is 25.3 Å². The summed E-state index contributed by atoms with van der Waals surface area (Å²) in [6.07, 6.45) is 10.2. The van der Waals surface area contributed by atoms with Crippen molar-refractivity contribution in [3.63, 3.8) is 0 Å². The number of aromatic hydroxyl groups is 1. The van der Waals surface area contributed by atoms with E-state index in [1.807, 2.05) is 0 Å². The van der Waals surface area contributed by atoms with Crippen LogP contribution >= 0.6 is 27.0 Å². The van der Waals surface area contributed by atoms with Crippen molar-refractivity contribution in [1.29, 1.82) is 0 Å². The van der Waals surface area contributed by atoms with Crippen molar-refractivity contribution in [3.8, 4) is 53.4 Å². The van der Waals surface area contributed by atoms with Gasteiger partial charge in [0.2, 0.25) is 0 Å². The quantitative estimate of drug-likeness (QED) is 0.0168. The second kappa shape index (κ2) is 36.2. The molecule has 2 heterocycles. The van der Waals surface area contributed by atoms with E-state index in [1.165, 1.54) is 30.3 Å². The number of ketones is 2. The molecule has 69 heavy (non-hydrogen) atoms. The van der Waals surface area contributed by atoms with Gasteiger partial charge < -0.3 is 44.5 Å². The monoisotopic (exact) mass is 1060 g/mol. The van der Waals surface area contributed by atoms with Gasteiger partial charge >= 0.3 is 113 Å². The molecule has 2 atom stereocenters. The van der Waals surface area contributed by atoms with E-state index in [9.17, 15) is 33.2 Å². The normalized spacial score (nSPS) is 12.9. The number of nitrogens with zero attached hydrogens (tertiary/aromatic N) is 1. The molecule has 5 aromatic rings. The fourth-order valence-electron chi connectivity index (χ4n) is 4.77. The SMILES string of the molecule is C.C#CCOc1ccc(C(=O)c2ccc(O)cc2)cc1.C#CCOc1ccc(C(=O)c2ccc(OCC3CO3)cc2)cc1.O=CO[O-].O=[N+]([O-])c1cccc(OS(=O)(=O)OCC2CO2)c1.S.S.[H-].[K+].[K+]. The summed E-state index contributed by atoms with van der Waals surface area (Å²) >= 11 is 0. The number of hydrogen-bond acceptors (Lipinski definition) is 17. The van der Waals surface area contributed by atoms with Crippen molar-refractivity contribution in [2.24, 2.45) is 0 Å². The Morgan fingerprint density at radius 1 is 0.710 bits per heavy atom. The van der Waals surface area contributed by atoms with Gasteiger partial charge in [-0.25, -0.2) is 4.18 Å². The Kier molecular flexibility index (Phi) is 35.3. The number of rotatable bonds is 18. The molecule has 2 aliphatic heterocycles. The van der Waals surface area contributed by atoms with Crippen molar-refractivity contribution in [2.45, 2.75) is 19.6 Å². The molecule has 2 aliphatic rings. The largest absolute Gasteiger partial charge is 1.00 e. The summed E-state index contributed by atoms with van der Waals surface area (Å²) in [6.45, 7) is 1.86. The first-order valence-electron chi connectivity index (χ1n) is 18.6. The Labute approximate surface area is 500 Å². The minimum absolute atomic E-state index is 0. The van der Waals surface area contributed by atoms with Gasteiger partial charge in [0, 0.05) is 28.3 Å². The van der Waals surface area contributed by atoms with Crippen LogP contribution in [0.15, 0.2) is 121 Å². The number of phenolic OH excluding ortho intramolecular Hbond substituents is 1. The predicted octanol–water partition coefficient (Wildman–Crippen LogP) is -0.607. The summed E-state index contributed by atoms with van der Waals surface area (Å²) in [4.78, 5) is 45.6. The second-order valence-corrected chi connectivity index (χ2v) is 13.9. The number of ether oxygens (including phenoxy) is 5. The molecule has 0 amide bonds. The molecular weight excluding hydrogens is 1010 g/mol. The summed E-state index contributed by atoms with van der Waals surface area (Å²) in [5.41, 5.74) is 2.01. The number of terminal acetylenes is 2. The summed E-state index contributed by atoms with van der Waals surface area (Å²) in [6, 6.07) is 31.7. The van der Waals surface area contributed by atoms with E-state index < -0.39 is 15.3 Å². The first-order valence-corrected chi connectivity index (χ1v) is 19.9. The molecule has 0 saturated carbocycles. The fraction of sp³-hybridized carbons (Fsp3) is 0.196. The van der Waals surface area contributed by atoms with E-state index in [0.29, 0.717) is 47.0 Å². The van der Waals surface area contributed by atoms with Crippen molar-refractivity contribution in [1.82, 2.24) is 0 Å². The third kappa shape index (κ3) is 26.3. The minimum Gasteiger partial charge on any atom is -1.00 e. The number of epoxide rings is 2. The van der Waals surface area contributed by atoms with E-state index in [1.54, 1.807) is 84.9 Å². The molecule has 0 bridgehead atoms. The molecule has 2 fully saturated rings. The number of phenols is 1. The standard InChI is InChI=1S/C19H16O4.C16H12O3.C9H9NO7S.CH2O3.CH4.2K.2H2S.H/c1-2-11-21-16-7-3-14(4-8-16)19(20)15-5-9-17(10-6-15)22-12-18-13-23-18;1-2-11-19-15-9-5-13(6-10-15)16(18)12-3-7-14(17)8-4-12;11-10(12)7-2-1-3-8(4-7)17-18(13,14)16-6-9-5-15-9;2-1-4-3;;;;;;/h1,3-10,18H,11-13H2;1,3-10,17H,11H2;1-4,9H,5-6H2;1,3H;1H4;;;2*1H2;/q;;;;;2*+1;;;-1/p-1. The van der Waals surface area contributed by atoms with Crippen LogP contribution in [-0.2, 0) is 33.7 Å². The molecule has 5 aromatic carbocycles. The van der Waals surface area contributed by atoms with Gasteiger partial charge in [-0.05, 0) is 103 Å². The van der Waals surface area contributed by atoms with Crippen LogP contribution in [0.4, 0.5) is 5.69 Å².